The number of ether oxygens (including phenoxy) is 1. The summed E-state index contributed by atoms with van der Waals surface area (Å²) in [5, 5.41) is 38.2. The minimum Gasteiger partial charge on any atom is -0.871 e. The fourth-order valence-corrected chi connectivity index (χ4v) is 3.45. The van der Waals surface area contributed by atoms with E-state index in [0.29, 0.717) is 22.2 Å². The molecular formula is C25H18N3O6-. The van der Waals surface area contributed by atoms with Crippen molar-refractivity contribution in [1.82, 2.24) is 0 Å². The Morgan fingerprint density at radius 1 is 1.09 bits per heavy atom. The molecule has 0 aliphatic rings. The summed E-state index contributed by atoms with van der Waals surface area (Å²) in [5.41, 5.74) is 0.0476. The highest BCUT2D eigenvalue weighted by atomic mass is 16.6. The molecule has 0 heterocycles. The lowest BCUT2D eigenvalue weighted by molar-refractivity contribution is -0.384. The highest BCUT2D eigenvalue weighted by Gasteiger charge is 2.15. The van der Waals surface area contributed by atoms with E-state index in [1.807, 2.05) is 0 Å². The van der Waals surface area contributed by atoms with E-state index in [1.54, 1.807) is 48.5 Å². The van der Waals surface area contributed by atoms with Crippen LogP contribution in [0.15, 0.2) is 77.8 Å². The zero-order valence-corrected chi connectivity index (χ0v) is 17.9. The first kappa shape index (κ1) is 22.3. The van der Waals surface area contributed by atoms with E-state index in [4.69, 9.17) is 4.74 Å². The van der Waals surface area contributed by atoms with Gasteiger partial charge in [-0.15, -0.1) is 0 Å². The Bertz CT molecular complexity index is 1450. The van der Waals surface area contributed by atoms with E-state index >= 15 is 0 Å². The number of carbonyl (C=O) groups is 1. The highest BCUT2D eigenvalue weighted by molar-refractivity contribution is 6.13. The number of hydrogen-bond acceptors (Lipinski definition) is 7. The number of non-ortho nitro benzene ring substituents is 1. The third-order valence-corrected chi connectivity index (χ3v) is 5.14. The second-order valence-corrected chi connectivity index (χ2v) is 7.23. The van der Waals surface area contributed by atoms with Gasteiger partial charge >= 0.3 is 0 Å². The van der Waals surface area contributed by atoms with Gasteiger partial charge in [0.05, 0.1) is 17.7 Å². The minimum atomic E-state index is -0.631. The van der Waals surface area contributed by atoms with Crippen LogP contribution in [-0.4, -0.2) is 29.3 Å². The van der Waals surface area contributed by atoms with E-state index < -0.39 is 16.6 Å². The molecule has 9 nitrogen and oxygen atoms in total. The largest absolute Gasteiger partial charge is 0.871 e. The van der Waals surface area contributed by atoms with Gasteiger partial charge in [0, 0.05) is 23.9 Å². The fraction of sp³-hybridized carbons (Fsp3) is 0.0400. The Balaban J connectivity index is 1.79. The molecule has 0 saturated heterocycles. The van der Waals surface area contributed by atoms with Crippen LogP contribution in [0, 0.1) is 10.1 Å². The van der Waals surface area contributed by atoms with E-state index in [-0.39, 0.29) is 28.3 Å². The maximum atomic E-state index is 13.3. The number of phenolic OH excluding ortho intramolecular Hbond substituents is 1. The average molecular weight is 456 g/mol. The van der Waals surface area contributed by atoms with Crippen molar-refractivity contribution in [2.24, 2.45) is 4.99 Å². The molecule has 4 rings (SSSR count). The Morgan fingerprint density at radius 2 is 1.82 bits per heavy atom. The van der Waals surface area contributed by atoms with Crippen LogP contribution in [-0.2, 0) is 0 Å². The maximum Gasteiger partial charge on any atom is 0.271 e. The zero-order valence-electron chi connectivity index (χ0n) is 17.9. The Morgan fingerprint density at radius 3 is 2.59 bits per heavy atom. The van der Waals surface area contributed by atoms with Crippen LogP contribution in [0.3, 0.4) is 0 Å². The fourth-order valence-electron chi connectivity index (χ4n) is 3.45. The molecule has 170 valence electrons. The molecule has 9 heteroatoms. The van der Waals surface area contributed by atoms with Crippen LogP contribution in [0.5, 0.6) is 17.2 Å². The number of nitrogens with zero attached hydrogens (tertiary/aromatic N) is 2. The SMILES string of the molecule is COc1ccccc1NC(=O)c1cc2ccccc2c(C=Nc2cc([N+](=O)[O-])ccc2O)c1[O-]. The highest BCUT2D eigenvalue weighted by Crippen LogP contribution is 2.33. The molecular weight excluding hydrogens is 438 g/mol. The number of carbonyl (C=O) groups excluding carboxylic acids is 1. The molecule has 0 bridgehead atoms. The summed E-state index contributed by atoms with van der Waals surface area (Å²) >= 11 is 0. The lowest BCUT2D eigenvalue weighted by atomic mass is 9.99. The number of benzene rings is 4. The molecule has 34 heavy (non-hydrogen) atoms. The summed E-state index contributed by atoms with van der Waals surface area (Å²) in [6, 6.07) is 18.6. The van der Waals surface area contributed by atoms with Crippen LogP contribution < -0.4 is 15.2 Å². The topological polar surface area (TPSA) is 137 Å². The molecule has 0 aliphatic carbocycles. The van der Waals surface area contributed by atoms with Crippen LogP contribution in [0.25, 0.3) is 10.8 Å². The first-order valence-corrected chi connectivity index (χ1v) is 10.1. The Hall–Kier alpha value is -4.92. The number of hydrogen-bond donors (Lipinski definition) is 2. The molecule has 1 amide bonds. The second-order valence-electron chi connectivity index (χ2n) is 7.23. The van der Waals surface area contributed by atoms with Gasteiger partial charge < -0.3 is 20.3 Å². The van der Waals surface area contributed by atoms with Crippen molar-refractivity contribution >= 4 is 40.0 Å². The number of aliphatic imine (C=N–C) groups is 1. The molecule has 0 aliphatic heterocycles. The van der Waals surface area contributed by atoms with E-state index in [2.05, 4.69) is 10.3 Å². The lowest BCUT2D eigenvalue weighted by Gasteiger charge is -2.19. The summed E-state index contributed by atoms with van der Waals surface area (Å²) in [4.78, 5) is 27.6. The molecule has 2 N–H and O–H groups in total. The number of aromatic hydroxyl groups is 1. The number of fused-ring (bicyclic) bond motifs is 1. The van der Waals surface area contributed by atoms with Crippen molar-refractivity contribution in [2.45, 2.75) is 0 Å². The van der Waals surface area contributed by atoms with Gasteiger partial charge in [-0.25, -0.2) is 0 Å². The molecule has 0 aromatic heterocycles. The van der Waals surface area contributed by atoms with E-state index in [0.717, 1.165) is 18.2 Å². The molecule has 0 unspecified atom stereocenters. The summed E-state index contributed by atoms with van der Waals surface area (Å²) in [5.74, 6) is -1.07. The minimum absolute atomic E-state index is 0.0819. The van der Waals surface area contributed by atoms with Crippen LogP contribution in [0.2, 0.25) is 0 Å². The van der Waals surface area contributed by atoms with Gasteiger partial charge in [0.2, 0.25) is 0 Å². The summed E-state index contributed by atoms with van der Waals surface area (Å²) in [6.45, 7) is 0. The standard InChI is InChI=1S/C25H19N3O6/c1-34-23-9-5-4-8-20(23)27-25(31)18-12-15-6-2-3-7-17(15)19(24(18)30)14-26-21-13-16(28(32)33)10-11-22(21)29/h2-14,29-30H,1H3,(H,27,31)/p-1. The first-order valence-electron chi connectivity index (χ1n) is 10.1. The van der Waals surface area contributed by atoms with Crippen LogP contribution >= 0.6 is 0 Å². The predicted molar refractivity (Wildman–Crippen MR) is 126 cm³/mol. The summed E-state index contributed by atoms with van der Waals surface area (Å²) in [6.07, 6.45) is 1.20. The molecule has 0 spiro atoms. The number of methoxy groups -OCH3 is 1. The van der Waals surface area contributed by atoms with Crippen molar-refractivity contribution in [2.75, 3.05) is 12.4 Å². The van der Waals surface area contributed by atoms with Gasteiger partial charge in [0.1, 0.15) is 17.2 Å². The van der Waals surface area contributed by atoms with Gasteiger partial charge in [-0.3, -0.25) is 19.9 Å². The van der Waals surface area contributed by atoms with Gasteiger partial charge in [0.15, 0.2) is 0 Å². The molecule has 4 aromatic rings. The van der Waals surface area contributed by atoms with Crippen molar-refractivity contribution in [3.8, 4) is 17.2 Å². The lowest BCUT2D eigenvalue weighted by Crippen LogP contribution is -2.16. The zero-order chi connectivity index (χ0) is 24.2. The number of anilines is 1. The molecule has 0 fully saturated rings. The molecule has 0 saturated carbocycles. The number of amides is 1. The second kappa shape index (κ2) is 9.29. The van der Waals surface area contributed by atoms with Gasteiger partial charge in [-0.1, -0.05) is 42.1 Å². The van der Waals surface area contributed by atoms with Gasteiger partial charge in [0.25, 0.3) is 11.6 Å². The molecule has 4 aromatic carbocycles. The van der Waals surface area contributed by atoms with Gasteiger partial charge in [-0.05, 0) is 40.6 Å². The average Bonchev–Trinajstić information content (AvgIpc) is 2.84. The Labute approximate surface area is 193 Å². The van der Waals surface area contributed by atoms with E-state index in [1.165, 1.54) is 19.4 Å². The molecule has 0 atom stereocenters. The molecule has 0 radical (unpaired) electrons. The number of nitro groups is 1. The number of para-hydroxylation sites is 2. The van der Waals surface area contributed by atoms with Crippen LogP contribution in [0.4, 0.5) is 17.1 Å². The summed E-state index contributed by atoms with van der Waals surface area (Å²) < 4.78 is 5.25. The number of rotatable bonds is 6. The van der Waals surface area contributed by atoms with E-state index in [9.17, 15) is 25.1 Å². The third kappa shape index (κ3) is 4.35. The number of nitro benzene ring substituents is 1. The Kier molecular flexibility index (Phi) is 6.09. The maximum absolute atomic E-state index is 13.3. The number of phenols is 1. The monoisotopic (exact) mass is 456 g/mol. The predicted octanol–water partition coefficient (Wildman–Crippen LogP) is 4.54. The van der Waals surface area contributed by atoms with Crippen molar-refractivity contribution in [3.63, 3.8) is 0 Å². The normalized spacial score (nSPS) is 11.0. The van der Waals surface area contributed by atoms with Crippen molar-refractivity contribution in [1.29, 1.82) is 0 Å². The quantitative estimate of drug-likeness (QED) is 0.248. The van der Waals surface area contributed by atoms with Crippen molar-refractivity contribution < 1.29 is 24.7 Å². The van der Waals surface area contributed by atoms with Gasteiger partial charge in [-0.2, -0.15) is 0 Å². The summed E-state index contributed by atoms with van der Waals surface area (Å²) in [7, 11) is 1.47. The van der Waals surface area contributed by atoms with Crippen molar-refractivity contribution in [3.05, 3.63) is 94.0 Å². The number of nitrogens with one attached hydrogen (secondary N) is 1. The third-order valence-electron chi connectivity index (χ3n) is 5.14. The first-order chi connectivity index (χ1) is 16.4. The smallest absolute Gasteiger partial charge is 0.271 e. The van der Waals surface area contributed by atoms with Crippen LogP contribution in [0.1, 0.15) is 15.9 Å².